The second-order valence-electron chi connectivity index (χ2n) is 5.05. The molecule has 106 valence electrons. The van der Waals surface area contributed by atoms with Crippen molar-refractivity contribution in [3.63, 3.8) is 0 Å². The summed E-state index contributed by atoms with van der Waals surface area (Å²) in [5.41, 5.74) is 1.58. The number of rotatable bonds is 5. The van der Waals surface area contributed by atoms with Gasteiger partial charge in [-0.3, -0.25) is 9.36 Å². The van der Waals surface area contributed by atoms with Gasteiger partial charge < -0.3 is 5.11 Å². The first-order valence-electron chi connectivity index (χ1n) is 6.63. The molecular formula is C14H22N2O3. The second kappa shape index (κ2) is 5.99. The van der Waals surface area contributed by atoms with Crippen LogP contribution in [0.1, 0.15) is 62.5 Å². The number of hydrogen-bond acceptors (Lipinski definition) is 3. The topological polar surface area (TPSA) is 72.2 Å². The lowest BCUT2D eigenvalue weighted by Gasteiger charge is -2.22. The van der Waals surface area contributed by atoms with Crippen molar-refractivity contribution in [3.05, 3.63) is 27.4 Å². The molecule has 1 rings (SSSR count). The van der Waals surface area contributed by atoms with Gasteiger partial charge in [-0.25, -0.2) is 4.79 Å². The van der Waals surface area contributed by atoms with E-state index in [2.05, 4.69) is 11.9 Å². The van der Waals surface area contributed by atoms with Crippen LogP contribution in [-0.4, -0.2) is 20.6 Å². The molecule has 0 bridgehead atoms. The van der Waals surface area contributed by atoms with Crippen LogP contribution < -0.4 is 5.69 Å². The van der Waals surface area contributed by atoms with Gasteiger partial charge >= 0.3 is 11.7 Å². The highest BCUT2D eigenvalue weighted by molar-refractivity contribution is 5.76. The number of aliphatic carboxylic acids is 1. The zero-order valence-electron chi connectivity index (χ0n) is 12.2. The van der Waals surface area contributed by atoms with Crippen molar-refractivity contribution in [2.75, 3.05) is 0 Å². The van der Waals surface area contributed by atoms with E-state index in [1.54, 1.807) is 25.3 Å². The van der Waals surface area contributed by atoms with Crippen LogP contribution in [0.2, 0.25) is 0 Å². The Bertz CT molecular complexity index is 534. The zero-order valence-corrected chi connectivity index (χ0v) is 12.2. The number of hydrogen-bond donors (Lipinski definition) is 1. The van der Waals surface area contributed by atoms with Crippen molar-refractivity contribution in [2.24, 2.45) is 0 Å². The van der Waals surface area contributed by atoms with Crippen LogP contribution in [0.15, 0.2) is 4.79 Å². The van der Waals surface area contributed by atoms with E-state index in [1.165, 1.54) is 0 Å². The first kappa shape index (κ1) is 15.4. The normalized spacial score (nSPS) is 14.2. The maximum atomic E-state index is 12.0. The summed E-state index contributed by atoms with van der Waals surface area (Å²) in [6, 6.07) is 0.0327. The number of carboxylic acids is 1. The monoisotopic (exact) mass is 266 g/mol. The molecule has 0 amide bonds. The number of nitrogens with zero attached hydrogens (tertiary/aromatic N) is 2. The Labute approximate surface area is 113 Å². The van der Waals surface area contributed by atoms with E-state index in [4.69, 9.17) is 0 Å². The molecule has 19 heavy (non-hydrogen) atoms. The molecule has 2 atom stereocenters. The molecule has 0 fully saturated rings. The third-order valence-corrected chi connectivity index (χ3v) is 3.56. The minimum absolute atomic E-state index is 0.0327. The average Bonchev–Trinajstić information content (AvgIpc) is 2.28. The molecule has 5 heteroatoms. The molecule has 0 aliphatic heterocycles. The average molecular weight is 266 g/mol. The van der Waals surface area contributed by atoms with E-state index in [-0.39, 0.29) is 11.7 Å². The number of aryl methyl sites for hydroxylation is 1. The highest BCUT2D eigenvalue weighted by Gasteiger charge is 2.23. The Morgan fingerprint density at radius 3 is 2.42 bits per heavy atom. The number of carboxylic acid groups (broad SMARTS) is 1. The van der Waals surface area contributed by atoms with Gasteiger partial charge in [0.2, 0.25) is 0 Å². The van der Waals surface area contributed by atoms with Crippen molar-refractivity contribution in [2.45, 2.75) is 59.4 Å². The summed E-state index contributed by atoms with van der Waals surface area (Å²) in [6.07, 6.45) is 1.83. The first-order valence-corrected chi connectivity index (χ1v) is 6.63. The fraction of sp³-hybridized carbons (Fsp3) is 0.643. The van der Waals surface area contributed by atoms with Gasteiger partial charge in [-0.2, -0.15) is 4.98 Å². The van der Waals surface area contributed by atoms with Gasteiger partial charge in [-0.05, 0) is 34.1 Å². The van der Waals surface area contributed by atoms with Gasteiger partial charge in [0.15, 0.2) is 0 Å². The van der Waals surface area contributed by atoms with Gasteiger partial charge in [0.05, 0.1) is 5.92 Å². The molecule has 1 N–H and O–H groups in total. The highest BCUT2D eigenvalue weighted by Crippen LogP contribution is 2.24. The Morgan fingerprint density at radius 2 is 1.95 bits per heavy atom. The lowest BCUT2D eigenvalue weighted by atomic mass is 9.97. The summed E-state index contributed by atoms with van der Waals surface area (Å²) < 4.78 is 1.62. The minimum Gasteiger partial charge on any atom is -0.481 e. The van der Waals surface area contributed by atoms with Gasteiger partial charge in [0, 0.05) is 23.0 Å². The van der Waals surface area contributed by atoms with Crippen molar-refractivity contribution in [3.8, 4) is 0 Å². The summed E-state index contributed by atoms with van der Waals surface area (Å²) in [5.74, 6) is -1.56. The molecule has 0 spiro atoms. The molecule has 1 aromatic rings. The van der Waals surface area contributed by atoms with Gasteiger partial charge in [-0.15, -0.1) is 0 Å². The molecule has 0 aliphatic carbocycles. The second-order valence-corrected chi connectivity index (χ2v) is 5.05. The maximum absolute atomic E-state index is 12.0. The molecular weight excluding hydrogens is 244 g/mol. The zero-order chi connectivity index (χ0) is 14.7. The van der Waals surface area contributed by atoms with Gasteiger partial charge in [0.1, 0.15) is 0 Å². The predicted octanol–water partition coefficient (Wildman–Crippen LogP) is 2.41. The number of carbonyl (C=O) groups is 1. The summed E-state index contributed by atoms with van der Waals surface area (Å²) in [4.78, 5) is 27.2. The van der Waals surface area contributed by atoms with Crippen molar-refractivity contribution < 1.29 is 9.90 Å². The minimum atomic E-state index is -0.902. The van der Waals surface area contributed by atoms with E-state index >= 15 is 0 Å². The summed E-state index contributed by atoms with van der Waals surface area (Å²) in [6.45, 7) is 9.14. The van der Waals surface area contributed by atoms with Gasteiger partial charge in [0.25, 0.3) is 0 Å². The van der Waals surface area contributed by atoms with Crippen LogP contribution in [0.25, 0.3) is 0 Å². The number of aromatic nitrogens is 2. The summed E-state index contributed by atoms with van der Waals surface area (Å²) in [7, 11) is 0. The molecule has 0 aromatic carbocycles. The summed E-state index contributed by atoms with van der Waals surface area (Å²) in [5, 5.41) is 9.17. The van der Waals surface area contributed by atoms with E-state index in [0.717, 1.165) is 12.8 Å². The molecule has 0 aliphatic rings. The Morgan fingerprint density at radius 1 is 1.37 bits per heavy atom. The first-order chi connectivity index (χ1) is 8.81. The Hall–Kier alpha value is -1.65. The SMILES string of the molecule is CCCC(C)n1c(C)c(C(C)C(=O)O)c(C)nc1=O. The largest absolute Gasteiger partial charge is 0.481 e. The molecule has 1 heterocycles. The van der Waals surface area contributed by atoms with Crippen molar-refractivity contribution in [1.82, 2.24) is 9.55 Å². The Kier molecular flexibility index (Phi) is 4.86. The van der Waals surface area contributed by atoms with Crippen molar-refractivity contribution in [1.29, 1.82) is 0 Å². The van der Waals surface area contributed by atoms with Crippen LogP contribution in [0, 0.1) is 13.8 Å². The molecule has 0 saturated carbocycles. The van der Waals surface area contributed by atoms with Crippen LogP contribution in [0.5, 0.6) is 0 Å². The van der Waals surface area contributed by atoms with Crippen LogP contribution in [0.3, 0.4) is 0 Å². The van der Waals surface area contributed by atoms with Gasteiger partial charge in [-0.1, -0.05) is 13.3 Å². The summed E-state index contributed by atoms with van der Waals surface area (Å²) >= 11 is 0. The lowest BCUT2D eigenvalue weighted by molar-refractivity contribution is -0.138. The van der Waals surface area contributed by atoms with Crippen LogP contribution in [0.4, 0.5) is 0 Å². The molecule has 0 saturated heterocycles. The van der Waals surface area contributed by atoms with E-state index in [1.807, 2.05) is 6.92 Å². The highest BCUT2D eigenvalue weighted by atomic mass is 16.4. The smallest absolute Gasteiger partial charge is 0.348 e. The molecule has 5 nitrogen and oxygen atoms in total. The van der Waals surface area contributed by atoms with E-state index in [9.17, 15) is 14.7 Å². The van der Waals surface area contributed by atoms with E-state index in [0.29, 0.717) is 17.0 Å². The molecule has 1 aromatic heterocycles. The van der Waals surface area contributed by atoms with Crippen LogP contribution >= 0.6 is 0 Å². The quantitative estimate of drug-likeness (QED) is 0.888. The van der Waals surface area contributed by atoms with Crippen LogP contribution in [-0.2, 0) is 4.79 Å². The predicted molar refractivity (Wildman–Crippen MR) is 73.6 cm³/mol. The fourth-order valence-corrected chi connectivity index (χ4v) is 2.61. The molecule has 0 radical (unpaired) electrons. The lowest BCUT2D eigenvalue weighted by Crippen LogP contribution is -2.31. The fourth-order valence-electron chi connectivity index (χ4n) is 2.61. The molecule has 2 unspecified atom stereocenters. The Balaban J connectivity index is 3.47. The third kappa shape index (κ3) is 3.03. The van der Waals surface area contributed by atoms with E-state index < -0.39 is 11.9 Å². The maximum Gasteiger partial charge on any atom is 0.348 e. The van der Waals surface area contributed by atoms with Crippen molar-refractivity contribution >= 4 is 5.97 Å². The standard InChI is InChI=1S/C14H22N2O3/c1-6-7-8(2)16-11(5)12(9(3)13(17)18)10(4)15-14(16)19/h8-9H,6-7H2,1-5H3,(H,17,18). The third-order valence-electron chi connectivity index (χ3n) is 3.56.